The molecule has 0 aromatic heterocycles. The van der Waals surface area contributed by atoms with Crippen molar-refractivity contribution in [3.05, 3.63) is 90.2 Å². The number of halogens is 1. The molecule has 4 nitrogen and oxygen atoms in total. The summed E-state index contributed by atoms with van der Waals surface area (Å²) in [7, 11) is -3.73. The number of sulfonamides is 1. The molecule has 0 aliphatic heterocycles. The van der Waals surface area contributed by atoms with E-state index in [-0.39, 0.29) is 4.90 Å². The van der Waals surface area contributed by atoms with Gasteiger partial charge >= 0.3 is 0 Å². The fraction of sp³-hybridized carbons (Fsp3) is 0.143. The third kappa shape index (κ3) is 5.56. The van der Waals surface area contributed by atoms with Gasteiger partial charge in [-0.05, 0) is 66.9 Å². The maximum Gasteiger partial charge on any atom is 0.261 e. The Hall–Kier alpha value is -2.86. The summed E-state index contributed by atoms with van der Waals surface area (Å²) < 4.78 is 40.0. The van der Waals surface area contributed by atoms with Crippen LogP contribution in [0.4, 0.5) is 15.8 Å². The van der Waals surface area contributed by atoms with E-state index in [0.29, 0.717) is 5.69 Å². The number of rotatable bonds is 8. The van der Waals surface area contributed by atoms with Crippen LogP contribution in [0, 0.1) is 5.82 Å². The van der Waals surface area contributed by atoms with Crippen LogP contribution in [-0.4, -0.2) is 15.0 Å². The van der Waals surface area contributed by atoms with E-state index in [4.69, 9.17) is 0 Å². The zero-order valence-electron chi connectivity index (χ0n) is 14.7. The summed E-state index contributed by atoms with van der Waals surface area (Å²) in [6.07, 6.45) is 2.01. The van der Waals surface area contributed by atoms with Crippen LogP contribution in [0.2, 0.25) is 0 Å². The molecule has 0 saturated carbocycles. The van der Waals surface area contributed by atoms with Crippen LogP contribution >= 0.6 is 0 Å². The van der Waals surface area contributed by atoms with Crippen LogP contribution in [0.1, 0.15) is 12.0 Å². The topological polar surface area (TPSA) is 58.2 Å². The molecule has 140 valence electrons. The largest absolute Gasteiger partial charge is 0.385 e. The molecule has 0 bridgehead atoms. The molecule has 3 aromatic rings. The highest BCUT2D eigenvalue weighted by molar-refractivity contribution is 7.92. The lowest BCUT2D eigenvalue weighted by Crippen LogP contribution is -2.13. The SMILES string of the molecule is O=S(=O)(Nc1ccc(NCCCc2ccccc2)cc1)c1ccc(F)cc1. The molecule has 3 rings (SSSR count). The monoisotopic (exact) mass is 384 g/mol. The van der Waals surface area contributed by atoms with Crippen molar-refractivity contribution in [1.82, 2.24) is 0 Å². The maximum atomic E-state index is 12.9. The molecule has 27 heavy (non-hydrogen) atoms. The molecule has 0 aliphatic rings. The smallest absolute Gasteiger partial charge is 0.261 e. The van der Waals surface area contributed by atoms with Gasteiger partial charge in [0.1, 0.15) is 5.82 Å². The Morgan fingerprint density at radius 3 is 2.07 bits per heavy atom. The summed E-state index contributed by atoms with van der Waals surface area (Å²) in [5.41, 5.74) is 2.69. The number of hydrogen-bond donors (Lipinski definition) is 2. The Kier molecular flexibility index (Phi) is 6.08. The zero-order chi connectivity index (χ0) is 19.1. The van der Waals surface area contributed by atoms with Crippen molar-refractivity contribution in [2.75, 3.05) is 16.6 Å². The van der Waals surface area contributed by atoms with Crippen molar-refractivity contribution in [2.45, 2.75) is 17.7 Å². The summed E-state index contributed by atoms with van der Waals surface area (Å²) in [5.74, 6) is -0.475. The molecule has 0 aliphatic carbocycles. The van der Waals surface area contributed by atoms with Crippen molar-refractivity contribution < 1.29 is 12.8 Å². The summed E-state index contributed by atoms with van der Waals surface area (Å²) >= 11 is 0. The molecular weight excluding hydrogens is 363 g/mol. The van der Waals surface area contributed by atoms with E-state index >= 15 is 0 Å². The summed E-state index contributed by atoms with van der Waals surface area (Å²) in [6.45, 7) is 0.829. The van der Waals surface area contributed by atoms with E-state index in [1.807, 2.05) is 30.3 Å². The van der Waals surface area contributed by atoms with E-state index < -0.39 is 15.8 Å². The van der Waals surface area contributed by atoms with Gasteiger partial charge in [0, 0.05) is 17.9 Å². The van der Waals surface area contributed by atoms with Gasteiger partial charge in [-0.15, -0.1) is 0 Å². The average molecular weight is 384 g/mol. The molecule has 0 heterocycles. The van der Waals surface area contributed by atoms with Crippen LogP contribution in [0.3, 0.4) is 0 Å². The molecular formula is C21H21FN2O2S. The second-order valence-electron chi connectivity index (χ2n) is 6.15. The first-order valence-corrected chi connectivity index (χ1v) is 10.2. The Morgan fingerprint density at radius 2 is 1.41 bits per heavy atom. The van der Waals surface area contributed by atoms with Crippen molar-refractivity contribution >= 4 is 21.4 Å². The van der Waals surface area contributed by atoms with Crippen LogP contribution in [0.15, 0.2) is 83.8 Å². The molecule has 0 saturated heterocycles. The lowest BCUT2D eigenvalue weighted by Gasteiger charge is -2.10. The second kappa shape index (κ2) is 8.68. The van der Waals surface area contributed by atoms with Crippen LogP contribution < -0.4 is 10.0 Å². The van der Waals surface area contributed by atoms with Gasteiger partial charge in [-0.3, -0.25) is 4.72 Å². The lowest BCUT2D eigenvalue weighted by molar-refractivity contribution is 0.599. The molecule has 0 atom stereocenters. The summed E-state index contributed by atoms with van der Waals surface area (Å²) in [5, 5.41) is 3.32. The number of nitrogens with one attached hydrogen (secondary N) is 2. The predicted octanol–water partition coefficient (Wildman–Crippen LogP) is 4.67. The number of hydrogen-bond acceptors (Lipinski definition) is 3. The third-order valence-electron chi connectivity index (χ3n) is 4.08. The van der Waals surface area contributed by atoms with Crippen LogP contribution in [-0.2, 0) is 16.4 Å². The van der Waals surface area contributed by atoms with Gasteiger partial charge in [0.25, 0.3) is 10.0 Å². The number of benzene rings is 3. The first-order chi connectivity index (χ1) is 13.0. The Labute approximate surface area is 159 Å². The lowest BCUT2D eigenvalue weighted by atomic mass is 10.1. The Bertz CT molecular complexity index is 957. The highest BCUT2D eigenvalue weighted by atomic mass is 32.2. The fourth-order valence-corrected chi connectivity index (χ4v) is 3.71. The molecule has 6 heteroatoms. The predicted molar refractivity (Wildman–Crippen MR) is 107 cm³/mol. The minimum Gasteiger partial charge on any atom is -0.385 e. The number of aryl methyl sites for hydroxylation is 1. The molecule has 3 aromatic carbocycles. The quantitative estimate of drug-likeness (QED) is 0.555. The second-order valence-corrected chi connectivity index (χ2v) is 7.84. The maximum absolute atomic E-state index is 12.9. The summed E-state index contributed by atoms with van der Waals surface area (Å²) in [4.78, 5) is 0.0204. The molecule has 0 unspecified atom stereocenters. The van der Waals surface area contributed by atoms with Crippen molar-refractivity contribution in [3.63, 3.8) is 0 Å². The zero-order valence-corrected chi connectivity index (χ0v) is 15.5. The highest BCUT2D eigenvalue weighted by Crippen LogP contribution is 2.19. The van der Waals surface area contributed by atoms with Gasteiger partial charge in [0.2, 0.25) is 0 Å². The summed E-state index contributed by atoms with van der Waals surface area (Å²) in [6, 6.07) is 22.1. The molecule has 0 amide bonds. The van der Waals surface area contributed by atoms with Crippen molar-refractivity contribution in [1.29, 1.82) is 0 Å². The minimum atomic E-state index is -3.73. The van der Waals surface area contributed by atoms with E-state index in [2.05, 4.69) is 22.2 Å². The van der Waals surface area contributed by atoms with E-state index in [1.54, 1.807) is 12.1 Å². The van der Waals surface area contributed by atoms with Gasteiger partial charge in [-0.25, -0.2) is 12.8 Å². The number of anilines is 2. The standard InChI is InChI=1S/C21H21FN2O2S/c22-18-8-14-21(15-9-18)27(25,26)24-20-12-10-19(11-13-20)23-16-4-7-17-5-2-1-3-6-17/h1-3,5-6,8-15,23-24H,4,7,16H2. The van der Waals surface area contributed by atoms with E-state index in [9.17, 15) is 12.8 Å². The van der Waals surface area contributed by atoms with Crippen LogP contribution in [0.25, 0.3) is 0 Å². The first kappa shape index (κ1) is 18.9. The van der Waals surface area contributed by atoms with Gasteiger partial charge in [0.05, 0.1) is 4.90 Å². The van der Waals surface area contributed by atoms with Gasteiger partial charge < -0.3 is 5.32 Å². The Balaban J connectivity index is 1.51. The van der Waals surface area contributed by atoms with Gasteiger partial charge in [0.15, 0.2) is 0 Å². The molecule has 0 spiro atoms. The Morgan fingerprint density at radius 1 is 0.778 bits per heavy atom. The molecule has 0 radical (unpaired) electrons. The first-order valence-electron chi connectivity index (χ1n) is 8.69. The van der Waals surface area contributed by atoms with E-state index in [0.717, 1.165) is 37.2 Å². The van der Waals surface area contributed by atoms with Crippen molar-refractivity contribution in [3.8, 4) is 0 Å². The van der Waals surface area contributed by atoms with Crippen LogP contribution in [0.5, 0.6) is 0 Å². The van der Waals surface area contributed by atoms with Crippen molar-refractivity contribution in [2.24, 2.45) is 0 Å². The van der Waals surface area contributed by atoms with Gasteiger partial charge in [-0.2, -0.15) is 0 Å². The molecule has 2 N–H and O–H groups in total. The third-order valence-corrected chi connectivity index (χ3v) is 5.47. The highest BCUT2D eigenvalue weighted by Gasteiger charge is 2.13. The molecule has 0 fully saturated rings. The fourth-order valence-electron chi connectivity index (χ4n) is 2.65. The average Bonchev–Trinajstić information content (AvgIpc) is 2.67. The van der Waals surface area contributed by atoms with E-state index in [1.165, 1.54) is 17.7 Å². The minimum absolute atomic E-state index is 0.0204. The normalized spacial score (nSPS) is 11.1. The van der Waals surface area contributed by atoms with Gasteiger partial charge in [-0.1, -0.05) is 30.3 Å².